The Morgan fingerprint density at radius 1 is 1.58 bits per heavy atom. The molecule has 6 nitrogen and oxygen atoms in total. The Bertz CT molecular complexity index is 501. The summed E-state index contributed by atoms with van der Waals surface area (Å²) in [4.78, 5) is 17.6. The van der Waals surface area contributed by atoms with Crippen molar-refractivity contribution < 1.29 is 9.53 Å². The molecule has 1 saturated heterocycles. The molecule has 1 aromatic rings. The van der Waals surface area contributed by atoms with Crippen molar-refractivity contribution in [1.82, 2.24) is 5.32 Å². The zero-order valence-corrected chi connectivity index (χ0v) is 11.1. The number of amides is 1. The van der Waals surface area contributed by atoms with Crippen LogP contribution >= 0.6 is 0 Å². The van der Waals surface area contributed by atoms with E-state index in [1.165, 1.54) is 0 Å². The van der Waals surface area contributed by atoms with Crippen molar-refractivity contribution in [2.24, 2.45) is 10.7 Å². The highest BCUT2D eigenvalue weighted by Gasteiger charge is 2.30. The lowest BCUT2D eigenvalue weighted by molar-refractivity contribution is -0.117. The van der Waals surface area contributed by atoms with Gasteiger partial charge in [-0.3, -0.25) is 9.79 Å². The first-order valence-corrected chi connectivity index (χ1v) is 6.07. The summed E-state index contributed by atoms with van der Waals surface area (Å²) in [6, 6.07) is 7.44. The van der Waals surface area contributed by atoms with E-state index in [2.05, 4.69) is 10.3 Å². The Morgan fingerprint density at radius 3 is 3.05 bits per heavy atom. The highest BCUT2D eigenvalue weighted by Crippen LogP contribution is 2.25. The number of benzene rings is 1. The van der Waals surface area contributed by atoms with Gasteiger partial charge in [-0.2, -0.15) is 0 Å². The third kappa shape index (κ3) is 2.96. The Balaban J connectivity index is 2.11. The molecule has 102 valence electrons. The van der Waals surface area contributed by atoms with Crippen LogP contribution in [0.4, 0.5) is 5.69 Å². The van der Waals surface area contributed by atoms with E-state index < -0.39 is 0 Å². The van der Waals surface area contributed by atoms with Crippen LogP contribution in [0.5, 0.6) is 5.75 Å². The van der Waals surface area contributed by atoms with Gasteiger partial charge in [-0.15, -0.1) is 0 Å². The minimum absolute atomic E-state index is 0.0117. The predicted molar refractivity (Wildman–Crippen MR) is 74.4 cm³/mol. The average Bonchev–Trinajstić information content (AvgIpc) is 2.79. The molecular weight excluding hydrogens is 244 g/mol. The van der Waals surface area contributed by atoms with Crippen LogP contribution in [0.1, 0.15) is 6.42 Å². The molecule has 0 aromatic heterocycles. The Kier molecular flexibility index (Phi) is 3.89. The standard InChI is InChI=1S/C13H18N4O2/c1-15-13(14)16-9-6-12(18)17(8-9)10-4-3-5-11(7-10)19-2/h3-5,7,9H,6,8H2,1-2H3,(H3,14,15,16). The van der Waals surface area contributed by atoms with Crippen LogP contribution in [0.25, 0.3) is 0 Å². The van der Waals surface area contributed by atoms with Crippen LogP contribution < -0.4 is 20.7 Å². The first-order valence-electron chi connectivity index (χ1n) is 6.07. The summed E-state index contributed by atoms with van der Waals surface area (Å²) < 4.78 is 5.17. The van der Waals surface area contributed by atoms with E-state index in [0.717, 1.165) is 11.4 Å². The number of ether oxygens (including phenoxy) is 1. The summed E-state index contributed by atoms with van der Waals surface area (Å²) in [5.74, 6) is 1.15. The summed E-state index contributed by atoms with van der Waals surface area (Å²) in [5.41, 5.74) is 6.45. The second-order valence-electron chi connectivity index (χ2n) is 4.36. The van der Waals surface area contributed by atoms with Gasteiger partial charge < -0.3 is 20.7 Å². The summed E-state index contributed by atoms with van der Waals surface area (Å²) in [6.07, 6.45) is 0.410. The molecule has 19 heavy (non-hydrogen) atoms. The predicted octanol–water partition coefficient (Wildman–Crippen LogP) is 0.335. The largest absolute Gasteiger partial charge is 0.497 e. The molecule has 0 saturated carbocycles. The highest BCUT2D eigenvalue weighted by atomic mass is 16.5. The number of anilines is 1. The summed E-state index contributed by atoms with van der Waals surface area (Å²) in [5, 5.41) is 3.02. The second kappa shape index (κ2) is 5.60. The van der Waals surface area contributed by atoms with Gasteiger partial charge in [-0.25, -0.2) is 0 Å². The molecule has 0 spiro atoms. The first-order chi connectivity index (χ1) is 9.13. The van der Waals surface area contributed by atoms with Crippen molar-refractivity contribution >= 4 is 17.6 Å². The number of hydrogen-bond acceptors (Lipinski definition) is 3. The number of carbonyl (C=O) groups is 1. The molecular formula is C13H18N4O2. The minimum atomic E-state index is -0.0117. The monoisotopic (exact) mass is 262 g/mol. The molecule has 6 heteroatoms. The number of guanidine groups is 1. The summed E-state index contributed by atoms with van der Waals surface area (Å²) >= 11 is 0. The van der Waals surface area contributed by atoms with Crippen LogP contribution in [0, 0.1) is 0 Å². The maximum absolute atomic E-state index is 12.0. The molecule has 0 aliphatic carbocycles. The molecule has 1 unspecified atom stereocenters. The van der Waals surface area contributed by atoms with Crippen molar-refractivity contribution in [2.75, 3.05) is 25.6 Å². The molecule has 1 heterocycles. The molecule has 1 atom stereocenters. The number of rotatable bonds is 3. The van der Waals surface area contributed by atoms with Crippen molar-refractivity contribution in [3.05, 3.63) is 24.3 Å². The summed E-state index contributed by atoms with van der Waals surface area (Å²) in [6.45, 7) is 0.572. The van der Waals surface area contributed by atoms with Gasteiger partial charge in [-0.1, -0.05) is 6.07 Å². The molecule has 1 amide bonds. The van der Waals surface area contributed by atoms with Gasteiger partial charge in [0.05, 0.1) is 13.2 Å². The lowest BCUT2D eigenvalue weighted by Crippen LogP contribution is -2.41. The van der Waals surface area contributed by atoms with Crippen molar-refractivity contribution in [3.8, 4) is 5.75 Å². The topological polar surface area (TPSA) is 79.9 Å². The number of nitrogens with two attached hydrogens (primary N) is 1. The van der Waals surface area contributed by atoms with Crippen LogP contribution in [0.15, 0.2) is 29.3 Å². The zero-order chi connectivity index (χ0) is 13.8. The molecule has 1 aliphatic heterocycles. The number of carbonyl (C=O) groups excluding carboxylic acids is 1. The lowest BCUT2D eigenvalue weighted by Gasteiger charge is -2.18. The fourth-order valence-corrected chi connectivity index (χ4v) is 2.11. The van der Waals surface area contributed by atoms with Crippen molar-refractivity contribution in [1.29, 1.82) is 0 Å². The number of hydrogen-bond donors (Lipinski definition) is 2. The van der Waals surface area contributed by atoms with Crippen molar-refractivity contribution in [2.45, 2.75) is 12.5 Å². The molecule has 3 N–H and O–H groups in total. The molecule has 1 fully saturated rings. The Labute approximate surface area is 112 Å². The third-order valence-corrected chi connectivity index (χ3v) is 3.08. The maximum Gasteiger partial charge on any atom is 0.229 e. The normalized spacial score (nSPS) is 19.7. The SMILES string of the molecule is CN=C(N)NC1CC(=O)N(c2cccc(OC)c2)C1. The Morgan fingerprint density at radius 2 is 2.37 bits per heavy atom. The third-order valence-electron chi connectivity index (χ3n) is 3.08. The van der Waals surface area contributed by atoms with Gasteiger partial charge in [-0.05, 0) is 12.1 Å². The fraction of sp³-hybridized carbons (Fsp3) is 0.385. The van der Waals surface area contributed by atoms with Gasteiger partial charge in [0.1, 0.15) is 5.75 Å². The molecule has 1 aromatic carbocycles. The van der Waals surface area contributed by atoms with Crippen LogP contribution in [-0.4, -0.2) is 38.6 Å². The van der Waals surface area contributed by atoms with E-state index in [9.17, 15) is 4.79 Å². The Hall–Kier alpha value is -2.24. The van der Waals surface area contributed by atoms with Crippen LogP contribution in [0.2, 0.25) is 0 Å². The van der Waals surface area contributed by atoms with E-state index in [0.29, 0.717) is 18.9 Å². The number of nitrogens with one attached hydrogen (secondary N) is 1. The van der Waals surface area contributed by atoms with Gasteiger partial charge >= 0.3 is 0 Å². The maximum atomic E-state index is 12.0. The minimum Gasteiger partial charge on any atom is -0.497 e. The van der Waals surface area contributed by atoms with Crippen LogP contribution in [-0.2, 0) is 4.79 Å². The number of methoxy groups -OCH3 is 1. The van der Waals surface area contributed by atoms with Gasteiger partial charge in [0, 0.05) is 31.8 Å². The molecule has 0 radical (unpaired) electrons. The first kappa shape index (κ1) is 13.2. The molecule has 1 aliphatic rings. The number of nitrogens with zero attached hydrogens (tertiary/aromatic N) is 2. The van der Waals surface area contributed by atoms with E-state index >= 15 is 0 Å². The van der Waals surface area contributed by atoms with Crippen LogP contribution in [0.3, 0.4) is 0 Å². The lowest BCUT2D eigenvalue weighted by atomic mass is 10.2. The second-order valence-corrected chi connectivity index (χ2v) is 4.36. The van der Waals surface area contributed by atoms with E-state index in [4.69, 9.17) is 10.5 Å². The van der Waals surface area contributed by atoms with E-state index in [1.807, 2.05) is 24.3 Å². The van der Waals surface area contributed by atoms with Gasteiger partial charge in [0.15, 0.2) is 5.96 Å². The molecule has 0 bridgehead atoms. The number of aliphatic imine (C=N–C) groups is 1. The highest BCUT2D eigenvalue weighted by molar-refractivity contribution is 5.97. The summed E-state index contributed by atoms with van der Waals surface area (Å²) in [7, 11) is 3.21. The zero-order valence-electron chi connectivity index (χ0n) is 11.1. The van der Waals surface area contributed by atoms with Gasteiger partial charge in [0.2, 0.25) is 5.91 Å². The van der Waals surface area contributed by atoms with E-state index in [-0.39, 0.29) is 11.9 Å². The van der Waals surface area contributed by atoms with E-state index in [1.54, 1.807) is 19.1 Å². The molecule has 2 rings (SSSR count). The van der Waals surface area contributed by atoms with Gasteiger partial charge in [0.25, 0.3) is 0 Å². The average molecular weight is 262 g/mol. The fourth-order valence-electron chi connectivity index (χ4n) is 2.11. The van der Waals surface area contributed by atoms with Crippen molar-refractivity contribution in [3.63, 3.8) is 0 Å². The smallest absolute Gasteiger partial charge is 0.229 e. The quantitative estimate of drug-likeness (QED) is 0.608.